The molecule has 5 heteroatoms. The third-order valence-electron chi connectivity index (χ3n) is 2.99. The standard InChI is InChI=1S/C13H20ClNO3/c1-8(2)12-11(14)10(13(16)17)9(3)15(12)6-5-7-18-4/h8H,5-7H2,1-4H3,(H,16,17). The van der Waals surface area contributed by atoms with Crippen LogP contribution in [0.4, 0.5) is 0 Å². The average molecular weight is 274 g/mol. The molecule has 0 saturated carbocycles. The van der Waals surface area contributed by atoms with Gasteiger partial charge in [0.05, 0.1) is 10.6 Å². The quantitative estimate of drug-likeness (QED) is 0.809. The van der Waals surface area contributed by atoms with Gasteiger partial charge in [-0.25, -0.2) is 4.79 Å². The lowest BCUT2D eigenvalue weighted by Gasteiger charge is -2.14. The van der Waals surface area contributed by atoms with Crippen molar-refractivity contribution in [1.29, 1.82) is 0 Å². The number of hydrogen-bond acceptors (Lipinski definition) is 2. The largest absolute Gasteiger partial charge is 0.478 e. The Morgan fingerprint density at radius 1 is 1.50 bits per heavy atom. The third-order valence-corrected chi connectivity index (χ3v) is 3.38. The van der Waals surface area contributed by atoms with E-state index in [2.05, 4.69) is 0 Å². The van der Waals surface area contributed by atoms with Crippen molar-refractivity contribution in [2.24, 2.45) is 0 Å². The first-order valence-corrected chi connectivity index (χ1v) is 6.40. The molecule has 18 heavy (non-hydrogen) atoms. The number of aromatic carboxylic acids is 1. The van der Waals surface area contributed by atoms with Crippen LogP contribution in [-0.2, 0) is 11.3 Å². The molecule has 0 aliphatic rings. The molecule has 0 fully saturated rings. The SMILES string of the molecule is COCCCn1c(C)c(C(=O)O)c(Cl)c1C(C)C. The molecule has 0 aromatic carbocycles. The van der Waals surface area contributed by atoms with Crippen LogP contribution in [0.15, 0.2) is 0 Å². The lowest BCUT2D eigenvalue weighted by atomic mass is 10.1. The molecule has 1 heterocycles. The summed E-state index contributed by atoms with van der Waals surface area (Å²) in [7, 11) is 1.65. The number of aromatic nitrogens is 1. The summed E-state index contributed by atoms with van der Waals surface area (Å²) in [6.07, 6.45) is 0.834. The zero-order chi connectivity index (χ0) is 13.9. The summed E-state index contributed by atoms with van der Waals surface area (Å²) in [5.74, 6) is -0.781. The second kappa shape index (κ2) is 6.25. The van der Waals surface area contributed by atoms with E-state index in [0.29, 0.717) is 17.3 Å². The summed E-state index contributed by atoms with van der Waals surface area (Å²) in [6.45, 7) is 7.20. The molecule has 0 aliphatic heterocycles. The van der Waals surface area contributed by atoms with Gasteiger partial charge in [-0.2, -0.15) is 0 Å². The smallest absolute Gasteiger partial charge is 0.339 e. The Labute approximate surface area is 113 Å². The molecule has 0 bridgehead atoms. The van der Waals surface area contributed by atoms with E-state index in [1.807, 2.05) is 18.4 Å². The second-order valence-corrected chi connectivity index (χ2v) is 5.00. The summed E-state index contributed by atoms with van der Waals surface area (Å²) in [6, 6.07) is 0. The number of carbonyl (C=O) groups is 1. The summed E-state index contributed by atoms with van der Waals surface area (Å²) >= 11 is 6.20. The van der Waals surface area contributed by atoms with Crippen LogP contribution in [0, 0.1) is 6.92 Å². The number of halogens is 1. The molecule has 4 nitrogen and oxygen atoms in total. The third kappa shape index (κ3) is 2.87. The van der Waals surface area contributed by atoms with E-state index in [0.717, 1.165) is 18.7 Å². The maximum atomic E-state index is 11.2. The number of hydrogen-bond donors (Lipinski definition) is 1. The molecular weight excluding hydrogens is 254 g/mol. The minimum Gasteiger partial charge on any atom is -0.478 e. The molecule has 0 aliphatic carbocycles. The molecule has 1 N–H and O–H groups in total. The van der Waals surface area contributed by atoms with Crippen molar-refractivity contribution >= 4 is 17.6 Å². The van der Waals surface area contributed by atoms with E-state index < -0.39 is 5.97 Å². The molecule has 0 unspecified atom stereocenters. The normalized spacial score (nSPS) is 11.2. The second-order valence-electron chi connectivity index (χ2n) is 4.62. The van der Waals surface area contributed by atoms with E-state index in [4.69, 9.17) is 16.3 Å². The number of carboxylic acid groups (broad SMARTS) is 1. The van der Waals surface area contributed by atoms with Gasteiger partial charge in [-0.15, -0.1) is 0 Å². The van der Waals surface area contributed by atoms with Gasteiger partial charge in [0.1, 0.15) is 0 Å². The Morgan fingerprint density at radius 3 is 2.56 bits per heavy atom. The van der Waals surface area contributed by atoms with Gasteiger partial charge in [0, 0.05) is 31.6 Å². The first kappa shape index (κ1) is 15.1. The fourth-order valence-corrected chi connectivity index (χ4v) is 2.73. The van der Waals surface area contributed by atoms with Crippen LogP contribution in [0.25, 0.3) is 0 Å². The van der Waals surface area contributed by atoms with E-state index in [1.165, 1.54) is 0 Å². The zero-order valence-corrected chi connectivity index (χ0v) is 12.0. The average Bonchev–Trinajstić information content (AvgIpc) is 2.50. The van der Waals surface area contributed by atoms with Crippen molar-refractivity contribution < 1.29 is 14.6 Å². The molecule has 0 atom stereocenters. The summed E-state index contributed by atoms with van der Waals surface area (Å²) in [5.41, 5.74) is 1.83. The van der Waals surface area contributed by atoms with Crippen LogP contribution in [0.2, 0.25) is 5.02 Å². The lowest BCUT2D eigenvalue weighted by molar-refractivity contribution is 0.0696. The van der Waals surface area contributed by atoms with E-state index in [9.17, 15) is 9.90 Å². The minimum atomic E-state index is -0.968. The van der Waals surface area contributed by atoms with Crippen LogP contribution in [-0.4, -0.2) is 29.4 Å². The molecule has 0 amide bonds. The van der Waals surface area contributed by atoms with Crippen LogP contribution in [0.3, 0.4) is 0 Å². The van der Waals surface area contributed by atoms with Crippen molar-refractivity contribution in [3.8, 4) is 0 Å². The number of rotatable bonds is 6. The number of nitrogens with zero attached hydrogens (tertiary/aromatic N) is 1. The van der Waals surface area contributed by atoms with E-state index >= 15 is 0 Å². The van der Waals surface area contributed by atoms with Gasteiger partial charge in [0.2, 0.25) is 0 Å². The van der Waals surface area contributed by atoms with Crippen molar-refractivity contribution in [3.05, 3.63) is 22.0 Å². The van der Waals surface area contributed by atoms with Gasteiger partial charge in [-0.1, -0.05) is 25.4 Å². The van der Waals surface area contributed by atoms with Gasteiger partial charge in [-0.3, -0.25) is 0 Å². The first-order chi connectivity index (χ1) is 8.41. The summed E-state index contributed by atoms with van der Waals surface area (Å²) in [5, 5.41) is 9.58. The van der Waals surface area contributed by atoms with Crippen molar-refractivity contribution in [2.45, 2.75) is 39.7 Å². The van der Waals surface area contributed by atoms with Gasteiger partial charge < -0.3 is 14.4 Å². The van der Waals surface area contributed by atoms with Crippen molar-refractivity contribution in [1.82, 2.24) is 4.57 Å². The zero-order valence-electron chi connectivity index (χ0n) is 11.3. The Hall–Kier alpha value is -1.00. The molecule has 0 saturated heterocycles. The molecule has 1 aromatic heterocycles. The highest BCUT2D eigenvalue weighted by Crippen LogP contribution is 2.33. The number of carboxylic acids is 1. The lowest BCUT2D eigenvalue weighted by Crippen LogP contribution is -2.09. The molecule has 1 rings (SSSR count). The number of methoxy groups -OCH3 is 1. The Balaban J connectivity index is 3.21. The van der Waals surface area contributed by atoms with E-state index in [1.54, 1.807) is 14.0 Å². The predicted molar refractivity (Wildman–Crippen MR) is 71.7 cm³/mol. The molecule has 0 spiro atoms. The maximum Gasteiger partial charge on any atom is 0.339 e. The monoisotopic (exact) mass is 273 g/mol. The topological polar surface area (TPSA) is 51.5 Å². The summed E-state index contributed by atoms with van der Waals surface area (Å²) < 4.78 is 7.02. The Bertz CT molecular complexity index is 438. The van der Waals surface area contributed by atoms with Crippen molar-refractivity contribution in [2.75, 3.05) is 13.7 Å². The first-order valence-electron chi connectivity index (χ1n) is 6.02. The fourth-order valence-electron chi connectivity index (χ4n) is 2.19. The van der Waals surface area contributed by atoms with Crippen molar-refractivity contribution in [3.63, 3.8) is 0 Å². The van der Waals surface area contributed by atoms with Gasteiger partial charge >= 0.3 is 5.97 Å². The van der Waals surface area contributed by atoms with Crippen LogP contribution in [0.5, 0.6) is 0 Å². The molecular formula is C13H20ClNO3. The maximum absolute atomic E-state index is 11.2. The predicted octanol–water partition coefficient (Wildman–Crippen LogP) is 3.31. The summed E-state index contributed by atoms with van der Waals surface area (Å²) in [4.78, 5) is 11.2. The van der Waals surface area contributed by atoms with Crippen LogP contribution in [0.1, 0.15) is 47.9 Å². The minimum absolute atomic E-state index is 0.187. The molecule has 1 aromatic rings. The fraction of sp³-hybridized carbons (Fsp3) is 0.615. The van der Waals surface area contributed by atoms with Crippen LogP contribution >= 0.6 is 11.6 Å². The van der Waals surface area contributed by atoms with Gasteiger partial charge in [-0.05, 0) is 19.3 Å². The Kier molecular flexibility index (Phi) is 5.23. The highest BCUT2D eigenvalue weighted by atomic mass is 35.5. The highest BCUT2D eigenvalue weighted by Gasteiger charge is 2.24. The Morgan fingerprint density at radius 2 is 2.11 bits per heavy atom. The highest BCUT2D eigenvalue weighted by molar-refractivity contribution is 6.34. The van der Waals surface area contributed by atoms with Gasteiger partial charge in [0.15, 0.2) is 0 Å². The number of ether oxygens (including phenoxy) is 1. The van der Waals surface area contributed by atoms with Crippen LogP contribution < -0.4 is 0 Å². The molecule has 102 valence electrons. The van der Waals surface area contributed by atoms with E-state index in [-0.39, 0.29) is 11.5 Å². The molecule has 0 radical (unpaired) electrons. The van der Waals surface area contributed by atoms with Gasteiger partial charge in [0.25, 0.3) is 0 Å².